The second-order valence-corrected chi connectivity index (χ2v) is 3.98. The van der Waals surface area contributed by atoms with Crippen LogP contribution in [0.3, 0.4) is 0 Å². The molecule has 1 nitrogen and oxygen atoms in total. The van der Waals surface area contributed by atoms with Crippen molar-refractivity contribution in [3.8, 4) is 0 Å². The summed E-state index contributed by atoms with van der Waals surface area (Å²) in [7, 11) is 0. The van der Waals surface area contributed by atoms with Crippen molar-refractivity contribution in [3.63, 3.8) is 0 Å². The maximum Gasteiger partial charge on any atom is 0.158 e. The molecule has 0 heterocycles. The van der Waals surface area contributed by atoms with E-state index in [1.54, 1.807) is 0 Å². The third kappa shape index (κ3) is 2.80. The van der Waals surface area contributed by atoms with Crippen LogP contribution in [0.1, 0.15) is 46.0 Å². The summed E-state index contributed by atoms with van der Waals surface area (Å²) in [4.78, 5) is 11.2. The molecule has 1 heteroatoms. The Morgan fingerprint density at radius 3 is 2.67 bits per heavy atom. The number of rotatable bonds is 3. The lowest BCUT2D eigenvalue weighted by Gasteiger charge is -2.00. The van der Waals surface area contributed by atoms with Gasteiger partial charge in [0.1, 0.15) is 0 Å². The smallest absolute Gasteiger partial charge is 0.158 e. The van der Waals surface area contributed by atoms with Gasteiger partial charge < -0.3 is 0 Å². The van der Waals surface area contributed by atoms with Crippen molar-refractivity contribution in [2.24, 2.45) is 5.92 Å². The highest BCUT2D eigenvalue weighted by molar-refractivity contribution is 5.97. The summed E-state index contributed by atoms with van der Waals surface area (Å²) in [6, 6.07) is 0. The van der Waals surface area contributed by atoms with Crippen LogP contribution in [0.25, 0.3) is 0 Å². The minimum absolute atomic E-state index is 0.388. The van der Waals surface area contributed by atoms with E-state index in [0.29, 0.717) is 5.78 Å². The van der Waals surface area contributed by atoms with Crippen LogP contribution in [0.2, 0.25) is 0 Å². The standard InChI is InChI=1S/C11H18O/c1-9(2)5-3-6-10-7-4-8-11(10)12/h6,9H,3-5,7-8H2,1-2H3/b10-6+. The van der Waals surface area contributed by atoms with Gasteiger partial charge in [0.05, 0.1) is 0 Å². The molecule has 1 saturated carbocycles. The van der Waals surface area contributed by atoms with E-state index in [4.69, 9.17) is 0 Å². The maximum absolute atomic E-state index is 11.2. The topological polar surface area (TPSA) is 17.1 Å². The third-order valence-corrected chi connectivity index (χ3v) is 2.34. The fourth-order valence-corrected chi connectivity index (χ4v) is 1.55. The van der Waals surface area contributed by atoms with Gasteiger partial charge in [-0.1, -0.05) is 19.9 Å². The molecule has 0 aromatic rings. The molecule has 1 rings (SSSR count). The van der Waals surface area contributed by atoms with E-state index in [1.807, 2.05) is 0 Å². The van der Waals surface area contributed by atoms with E-state index in [1.165, 1.54) is 6.42 Å². The molecule has 0 saturated heterocycles. The molecule has 68 valence electrons. The van der Waals surface area contributed by atoms with Crippen molar-refractivity contribution >= 4 is 5.78 Å². The van der Waals surface area contributed by atoms with Gasteiger partial charge in [-0.3, -0.25) is 4.79 Å². The molecule has 0 N–H and O–H groups in total. The van der Waals surface area contributed by atoms with Crippen LogP contribution in [-0.4, -0.2) is 5.78 Å². The molecule has 0 unspecified atom stereocenters. The fraction of sp³-hybridized carbons (Fsp3) is 0.727. The number of hydrogen-bond donors (Lipinski definition) is 0. The number of carbonyl (C=O) groups excluding carboxylic acids is 1. The molecule has 0 aromatic carbocycles. The Kier molecular flexibility index (Phi) is 3.51. The Bertz CT molecular complexity index is 189. The van der Waals surface area contributed by atoms with Gasteiger partial charge in [0.2, 0.25) is 0 Å². The SMILES string of the molecule is CC(C)CC/C=C1\CCCC1=O. The minimum Gasteiger partial charge on any atom is -0.295 e. The average molecular weight is 166 g/mol. The van der Waals surface area contributed by atoms with E-state index >= 15 is 0 Å². The molecule has 1 aliphatic carbocycles. The Morgan fingerprint density at radius 2 is 2.17 bits per heavy atom. The van der Waals surface area contributed by atoms with Gasteiger partial charge in [-0.15, -0.1) is 0 Å². The Hall–Kier alpha value is -0.590. The maximum atomic E-state index is 11.2. The van der Waals surface area contributed by atoms with E-state index < -0.39 is 0 Å². The normalized spacial score (nSPS) is 21.2. The zero-order chi connectivity index (χ0) is 8.97. The first-order valence-corrected chi connectivity index (χ1v) is 4.92. The van der Waals surface area contributed by atoms with Gasteiger partial charge in [0.15, 0.2) is 5.78 Å². The summed E-state index contributed by atoms with van der Waals surface area (Å²) < 4.78 is 0. The van der Waals surface area contributed by atoms with E-state index in [2.05, 4.69) is 19.9 Å². The molecule has 0 radical (unpaired) electrons. The highest BCUT2D eigenvalue weighted by atomic mass is 16.1. The fourth-order valence-electron chi connectivity index (χ4n) is 1.55. The molecule has 0 spiro atoms. The molecule has 0 atom stereocenters. The van der Waals surface area contributed by atoms with Gasteiger partial charge >= 0.3 is 0 Å². The molecule has 0 amide bonds. The summed E-state index contributed by atoms with van der Waals surface area (Å²) >= 11 is 0. The number of ketones is 1. The van der Waals surface area contributed by atoms with Gasteiger partial charge in [-0.05, 0) is 37.2 Å². The summed E-state index contributed by atoms with van der Waals surface area (Å²) in [6.07, 6.45) is 7.32. The first-order valence-electron chi connectivity index (χ1n) is 4.92. The lowest BCUT2D eigenvalue weighted by molar-refractivity contribution is -0.114. The molecule has 1 fully saturated rings. The zero-order valence-electron chi connectivity index (χ0n) is 8.10. The van der Waals surface area contributed by atoms with Crippen molar-refractivity contribution in [2.45, 2.75) is 46.0 Å². The number of Topliss-reactive ketones (excluding diaryl/α,β-unsaturated/α-hetero) is 1. The van der Waals surface area contributed by atoms with Crippen LogP contribution in [0.5, 0.6) is 0 Å². The van der Waals surface area contributed by atoms with Crippen LogP contribution in [-0.2, 0) is 4.79 Å². The van der Waals surface area contributed by atoms with Gasteiger partial charge in [-0.25, -0.2) is 0 Å². The second-order valence-electron chi connectivity index (χ2n) is 3.98. The zero-order valence-corrected chi connectivity index (χ0v) is 8.10. The Morgan fingerprint density at radius 1 is 1.42 bits per heavy atom. The number of hydrogen-bond acceptors (Lipinski definition) is 1. The van der Waals surface area contributed by atoms with Crippen molar-refractivity contribution in [2.75, 3.05) is 0 Å². The first-order chi connectivity index (χ1) is 5.70. The summed E-state index contributed by atoms with van der Waals surface area (Å²) in [5, 5.41) is 0. The van der Waals surface area contributed by atoms with Crippen LogP contribution in [0.15, 0.2) is 11.6 Å². The second kappa shape index (κ2) is 4.44. The highest BCUT2D eigenvalue weighted by Gasteiger charge is 2.15. The van der Waals surface area contributed by atoms with Crippen LogP contribution < -0.4 is 0 Å². The Balaban J connectivity index is 2.31. The molecule has 0 aromatic heterocycles. The van der Waals surface area contributed by atoms with E-state index in [-0.39, 0.29) is 0 Å². The predicted molar refractivity (Wildman–Crippen MR) is 51.0 cm³/mol. The molecule has 0 aliphatic heterocycles. The molecule has 12 heavy (non-hydrogen) atoms. The van der Waals surface area contributed by atoms with Gasteiger partial charge in [-0.2, -0.15) is 0 Å². The predicted octanol–water partition coefficient (Wildman–Crippen LogP) is 3.10. The van der Waals surface area contributed by atoms with Crippen molar-refractivity contribution in [3.05, 3.63) is 11.6 Å². The monoisotopic (exact) mass is 166 g/mol. The van der Waals surface area contributed by atoms with E-state index in [0.717, 1.165) is 37.2 Å². The molecule has 0 bridgehead atoms. The third-order valence-electron chi connectivity index (χ3n) is 2.34. The summed E-state index contributed by atoms with van der Waals surface area (Å²) in [5.41, 5.74) is 1.09. The van der Waals surface area contributed by atoms with Crippen molar-refractivity contribution in [1.29, 1.82) is 0 Å². The minimum atomic E-state index is 0.388. The quantitative estimate of drug-likeness (QED) is 0.589. The van der Waals surface area contributed by atoms with Crippen LogP contribution in [0, 0.1) is 5.92 Å². The summed E-state index contributed by atoms with van der Waals surface area (Å²) in [5.74, 6) is 1.14. The lowest BCUT2D eigenvalue weighted by Crippen LogP contribution is -1.92. The van der Waals surface area contributed by atoms with Gasteiger partial charge in [0.25, 0.3) is 0 Å². The lowest BCUT2D eigenvalue weighted by atomic mass is 10.1. The molecular formula is C11H18O. The first kappa shape index (κ1) is 9.50. The number of carbonyl (C=O) groups is 1. The largest absolute Gasteiger partial charge is 0.295 e. The molecule has 1 aliphatic rings. The van der Waals surface area contributed by atoms with Gasteiger partial charge in [0, 0.05) is 6.42 Å². The average Bonchev–Trinajstić information content (AvgIpc) is 2.36. The Labute approximate surface area is 74.9 Å². The van der Waals surface area contributed by atoms with Crippen molar-refractivity contribution < 1.29 is 4.79 Å². The van der Waals surface area contributed by atoms with Crippen LogP contribution in [0.4, 0.5) is 0 Å². The van der Waals surface area contributed by atoms with E-state index in [9.17, 15) is 4.79 Å². The highest BCUT2D eigenvalue weighted by Crippen LogP contribution is 2.21. The van der Waals surface area contributed by atoms with Crippen LogP contribution >= 0.6 is 0 Å². The molecular weight excluding hydrogens is 148 g/mol. The van der Waals surface area contributed by atoms with Crippen molar-refractivity contribution in [1.82, 2.24) is 0 Å². The number of allylic oxidation sites excluding steroid dienone is 2. The summed E-state index contributed by atoms with van der Waals surface area (Å²) in [6.45, 7) is 4.43.